The fourth-order valence-corrected chi connectivity index (χ4v) is 9.67. The second-order valence-electron chi connectivity index (χ2n) is 14.3. The second-order valence-corrected chi connectivity index (χ2v) is 14.3. The summed E-state index contributed by atoms with van der Waals surface area (Å²) in [5.41, 5.74) is 3.45. The standard InChI is InChI=1S/C35H50O3/c1-23(2)7-6-8-24(3)30-15-16-31-29-14-13-27-21-28(38-33(37)26-11-9-25(22-36)10-12-26)17-19-34(27,4)32(29)18-20-35(30,31)5/h9-13,22-24,28-32H,6-8,14-21H2,1-5H3/t24-,28+,29+,30-,31+,32+,34+,35-/m1/s1. The maximum atomic E-state index is 12.8. The van der Waals surface area contributed by atoms with Gasteiger partial charge in [0.15, 0.2) is 0 Å². The molecule has 3 heteroatoms. The van der Waals surface area contributed by atoms with E-state index in [-0.39, 0.29) is 17.5 Å². The van der Waals surface area contributed by atoms with Gasteiger partial charge in [-0.15, -0.1) is 0 Å². The first kappa shape index (κ1) is 27.7. The molecule has 1 aromatic carbocycles. The van der Waals surface area contributed by atoms with Gasteiger partial charge in [0, 0.05) is 12.0 Å². The van der Waals surface area contributed by atoms with Crippen molar-refractivity contribution in [1.82, 2.24) is 0 Å². The predicted octanol–water partition coefficient (Wildman–Crippen LogP) is 9.07. The van der Waals surface area contributed by atoms with Gasteiger partial charge in [-0.3, -0.25) is 4.79 Å². The molecule has 0 aromatic heterocycles. The minimum Gasteiger partial charge on any atom is -0.458 e. The number of ether oxygens (including phenoxy) is 1. The number of allylic oxidation sites excluding steroid dienone is 1. The van der Waals surface area contributed by atoms with Crippen molar-refractivity contribution in [1.29, 1.82) is 0 Å². The summed E-state index contributed by atoms with van der Waals surface area (Å²) >= 11 is 0. The molecule has 0 N–H and O–H groups in total. The molecule has 208 valence electrons. The zero-order valence-electron chi connectivity index (χ0n) is 24.5. The predicted molar refractivity (Wildman–Crippen MR) is 154 cm³/mol. The third-order valence-electron chi connectivity index (χ3n) is 11.8. The van der Waals surface area contributed by atoms with Crippen molar-refractivity contribution < 1.29 is 14.3 Å². The van der Waals surface area contributed by atoms with E-state index in [0.29, 0.717) is 16.5 Å². The molecule has 0 spiro atoms. The van der Waals surface area contributed by atoms with E-state index in [1.54, 1.807) is 29.8 Å². The highest BCUT2D eigenvalue weighted by molar-refractivity contribution is 5.90. The highest BCUT2D eigenvalue weighted by Gasteiger charge is 2.59. The smallest absolute Gasteiger partial charge is 0.338 e. The van der Waals surface area contributed by atoms with Crippen LogP contribution in [0.1, 0.15) is 126 Å². The number of esters is 1. The SMILES string of the molecule is CC(C)CCC[C@@H](C)[C@H]1CC[C@H]2[C@@H]3CC=C4C[C@@H](OC(=O)c5ccc(C=O)cc5)CC[C@]4(C)[C@H]3CC[C@]12C. The Hall–Kier alpha value is -1.90. The highest BCUT2D eigenvalue weighted by Crippen LogP contribution is 2.67. The lowest BCUT2D eigenvalue weighted by molar-refractivity contribution is -0.0594. The number of hydrogen-bond acceptors (Lipinski definition) is 3. The number of carbonyl (C=O) groups is 2. The van der Waals surface area contributed by atoms with Gasteiger partial charge in [0.2, 0.25) is 0 Å². The van der Waals surface area contributed by atoms with Gasteiger partial charge >= 0.3 is 5.97 Å². The third-order valence-corrected chi connectivity index (χ3v) is 11.8. The molecule has 3 saturated carbocycles. The van der Waals surface area contributed by atoms with Gasteiger partial charge < -0.3 is 4.74 Å². The number of fused-ring (bicyclic) bond motifs is 5. The Labute approximate surface area is 231 Å². The number of rotatable bonds is 8. The molecule has 0 bridgehead atoms. The minimum atomic E-state index is -0.265. The Morgan fingerprint density at radius 2 is 1.76 bits per heavy atom. The zero-order valence-corrected chi connectivity index (χ0v) is 24.5. The number of benzene rings is 1. The molecule has 0 amide bonds. The van der Waals surface area contributed by atoms with Gasteiger partial charge in [0.05, 0.1) is 5.56 Å². The fourth-order valence-electron chi connectivity index (χ4n) is 9.67. The van der Waals surface area contributed by atoms with Crippen molar-refractivity contribution in [2.24, 2.45) is 46.3 Å². The van der Waals surface area contributed by atoms with E-state index >= 15 is 0 Å². The van der Waals surface area contributed by atoms with Crippen molar-refractivity contribution in [2.45, 2.75) is 111 Å². The van der Waals surface area contributed by atoms with Crippen LogP contribution < -0.4 is 0 Å². The fraction of sp³-hybridized carbons (Fsp3) is 0.714. The molecule has 0 radical (unpaired) electrons. The van der Waals surface area contributed by atoms with E-state index in [2.05, 4.69) is 40.7 Å². The second kappa shape index (κ2) is 10.9. The number of aldehydes is 1. The summed E-state index contributed by atoms with van der Waals surface area (Å²) in [6.45, 7) is 12.5. The van der Waals surface area contributed by atoms with Crippen LogP contribution in [-0.2, 0) is 4.74 Å². The normalized spacial score (nSPS) is 37.0. The average Bonchev–Trinajstić information content (AvgIpc) is 3.26. The summed E-state index contributed by atoms with van der Waals surface area (Å²) in [7, 11) is 0. The van der Waals surface area contributed by atoms with E-state index in [4.69, 9.17) is 4.74 Å². The lowest BCUT2D eigenvalue weighted by atomic mass is 9.47. The third kappa shape index (κ3) is 5.04. The highest BCUT2D eigenvalue weighted by atomic mass is 16.5. The van der Waals surface area contributed by atoms with Crippen molar-refractivity contribution in [2.75, 3.05) is 0 Å². The van der Waals surface area contributed by atoms with Crippen LogP contribution in [0, 0.1) is 46.3 Å². The summed E-state index contributed by atoms with van der Waals surface area (Å²) in [5.74, 6) is 4.78. The van der Waals surface area contributed by atoms with Crippen LogP contribution in [0.3, 0.4) is 0 Å². The van der Waals surface area contributed by atoms with Crippen molar-refractivity contribution in [3.8, 4) is 0 Å². The Morgan fingerprint density at radius 1 is 1.00 bits per heavy atom. The Bertz CT molecular complexity index is 1040. The van der Waals surface area contributed by atoms with E-state index in [0.717, 1.165) is 61.1 Å². The van der Waals surface area contributed by atoms with Crippen LogP contribution >= 0.6 is 0 Å². The molecule has 4 aliphatic rings. The maximum Gasteiger partial charge on any atom is 0.338 e. The van der Waals surface area contributed by atoms with Gasteiger partial charge in [-0.2, -0.15) is 0 Å². The molecule has 0 aliphatic heterocycles. The van der Waals surface area contributed by atoms with Crippen LogP contribution in [0.25, 0.3) is 0 Å². The van der Waals surface area contributed by atoms with Gasteiger partial charge in [-0.05, 0) is 103 Å². The molecular formula is C35H50O3. The summed E-state index contributed by atoms with van der Waals surface area (Å²) in [6, 6.07) is 6.76. The van der Waals surface area contributed by atoms with E-state index in [9.17, 15) is 9.59 Å². The van der Waals surface area contributed by atoms with Gasteiger partial charge in [-0.1, -0.05) is 77.7 Å². The van der Waals surface area contributed by atoms with E-state index in [1.807, 2.05) is 0 Å². The molecule has 4 aliphatic carbocycles. The van der Waals surface area contributed by atoms with Crippen LogP contribution in [0.2, 0.25) is 0 Å². The summed E-state index contributed by atoms with van der Waals surface area (Å²) in [6.07, 6.45) is 17.3. The summed E-state index contributed by atoms with van der Waals surface area (Å²) in [5, 5.41) is 0. The Kier molecular flexibility index (Phi) is 7.96. The first-order valence-electron chi connectivity index (χ1n) is 15.6. The molecule has 0 unspecified atom stereocenters. The molecule has 3 fully saturated rings. The van der Waals surface area contributed by atoms with E-state index in [1.165, 1.54) is 51.4 Å². The first-order valence-corrected chi connectivity index (χ1v) is 15.6. The van der Waals surface area contributed by atoms with Crippen LogP contribution in [0.4, 0.5) is 0 Å². The average molecular weight is 519 g/mol. The largest absolute Gasteiger partial charge is 0.458 e. The van der Waals surface area contributed by atoms with Crippen LogP contribution in [0.15, 0.2) is 35.9 Å². The molecule has 38 heavy (non-hydrogen) atoms. The molecule has 5 rings (SSSR count). The number of carbonyl (C=O) groups excluding carboxylic acids is 2. The molecule has 3 nitrogen and oxygen atoms in total. The molecule has 0 heterocycles. The number of hydrogen-bond donors (Lipinski definition) is 0. The van der Waals surface area contributed by atoms with Crippen LogP contribution in [-0.4, -0.2) is 18.4 Å². The maximum absolute atomic E-state index is 12.8. The Morgan fingerprint density at radius 3 is 2.47 bits per heavy atom. The molecule has 1 aromatic rings. The zero-order chi connectivity index (χ0) is 27.1. The van der Waals surface area contributed by atoms with Crippen molar-refractivity contribution in [3.63, 3.8) is 0 Å². The summed E-state index contributed by atoms with van der Waals surface area (Å²) < 4.78 is 5.99. The van der Waals surface area contributed by atoms with Gasteiger partial charge in [0.1, 0.15) is 12.4 Å². The minimum absolute atomic E-state index is 0.0412. The Balaban J connectivity index is 1.24. The topological polar surface area (TPSA) is 43.4 Å². The van der Waals surface area contributed by atoms with Crippen molar-refractivity contribution >= 4 is 12.3 Å². The monoisotopic (exact) mass is 518 g/mol. The summed E-state index contributed by atoms with van der Waals surface area (Å²) in [4.78, 5) is 23.7. The van der Waals surface area contributed by atoms with E-state index < -0.39 is 0 Å². The van der Waals surface area contributed by atoms with Gasteiger partial charge in [0.25, 0.3) is 0 Å². The quantitative estimate of drug-likeness (QED) is 0.196. The van der Waals surface area contributed by atoms with Gasteiger partial charge in [-0.25, -0.2) is 4.79 Å². The molecular weight excluding hydrogens is 468 g/mol. The molecule has 8 atom stereocenters. The lowest BCUT2D eigenvalue weighted by Crippen LogP contribution is -2.51. The molecule has 0 saturated heterocycles. The van der Waals surface area contributed by atoms with Crippen LogP contribution in [0.5, 0.6) is 0 Å². The van der Waals surface area contributed by atoms with Crippen molar-refractivity contribution in [3.05, 3.63) is 47.0 Å². The first-order chi connectivity index (χ1) is 18.2. The lowest BCUT2D eigenvalue weighted by Gasteiger charge is -2.58.